The van der Waals surface area contributed by atoms with Gasteiger partial charge in [0.15, 0.2) is 0 Å². The zero-order valence-corrected chi connectivity index (χ0v) is 15.3. The van der Waals surface area contributed by atoms with Crippen molar-refractivity contribution in [3.8, 4) is 5.95 Å². The zero-order valence-electron chi connectivity index (χ0n) is 15.3. The van der Waals surface area contributed by atoms with Crippen molar-refractivity contribution >= 4 is 11.7 Å². The van der Waals surface area contributed by atoms with E-state index in [0.717, 1.165) is 31.4 Å². The molecule has 2 aliphatic carbocycles. The van der Waals surface area contributed by atoms with Crippen LogP contribution >= 0.6 is 0 Å². The summed E-state index contributed by atoms with van der Waals surface area (Å²) in [4.78, 5) is 31.9. The number of nitrogens with zero attached hydrogens (tertiary/aromatic N) is 3. The first-order valence-electron chi connectivity index (χ1n) is 9.49. The van der Waals surface area contributed by atoms with Gasteiger partial charge in [-0.1, -0.05) is 12.8 Å². The lowest BCUT2D eigenvalue weighted by atomic mass is 10.0. The van der Waals surface area contributed by atoms with E-state index in [1.807, 2.05) is 6.07 Å². The number of hydrogen-bond acceptors (Lipinski definition) is 4. The number of nitrogens with one attached hydrogen (secondary N) is 2. The van der Waals surface area contributed by atoms with Gasteiger partial charge in [0.1, 0.15) is 5.82 Å². The summed E-state index contributed by atoms with van der Waals surface area (Å²) in [5, 5.41) is 7.60. The van der Waals surface area contributed by atoms with Crippen LogP contribution in [0.25, 0.3) is 5.95 Å². The van der Waals surface area contributed by atoms with Crippen LogP contribution < -0.4 is 10.9 Å². The number of rotatable bonds is 5. The molecule has 0 aliphatic heterocycles. The second-order valence-electron chi connectivity index (χ2n) is 7.64. The zero-order chi connectivity index (χ0) is 18.3. The molecule has 2 N–H and O–H groups in total. The number of carbonyl (C=O) groups excluding carboxylic acids is 1. The summed E-state index contributed by atoms with van der Waals surface area (Å²) in [7, 11) is 0. The van der Waals surface area contributed by atoms with Crippen LogP contribution in [0.5, 0.6) is 0 Å². The fraction of sp³-hybridized carbons (Fsp3) is 0.579. The standard InChI is InChI=1S/C19H25N5O2/c1-11-12(2)20-19(22-18(11)26)24-16(10-15(23-24)14-7-8-14)21-17(25)9-13-5-3-4-6-13/h10,13-14H,3-9H2,1-2H3,(H,21,25)(H,20,22,26). The quantitative estimate of drug-likeness (QED) is 0.862. The molecule has 2 aromatic heterocycles. The van der Waals surface area contributed by atoms with Crippen LogP contribution in [-0.2, 0) is 4.79 Å². The van der Waals surface area contributed by atoms with Gasteiger partial charge in [-0.05, 0) is 45.4 Å². The van der Waals surface area contributed by atoms with E-state index in [9.17, 15) is 9.59 Å². The molecule has 138 valence electrons. The first-order valence-corrected chi connectivity index (χ1v) is 9.49. The third-order valence-electron chi connectivity index (χ3n) is 5.52. The topological polar surface area (TPSA) is 92.7 Å². The summed E-state index contributed by atoms with van der Waals surface area (Å²) in [6.07, 6.45) is 7.47. The highest BCUT2D eigenvalue weighted by Crippen LogP contribution is 2.40. The van der Waals surface area contributed by atoms with Crippen LogP contribution in [0.15, 0.2) is 10.9 Å². The fourth-order valence-corrected chi connectivity index (χ4v) is 3.63. The van der Waals surface area contributed by atoms with Gasteiger partial charge in [0.2, 0.25) is 11.9 Å². The van der Waals surface area contributed by atoms with Crippen LogP contribution in [0, 0.1) is 19.8 Å². The maximum atomic E-state index is 12.5. The molecule has 0 spiro atoms. The molecule has 2 aromatic rings. The number of amides is 1. The highest BCUT2D eigenvalue weighted by Gasteiger charge is 2.29. The molecule has 26 heavy (non-hydrogen) atoms. The van der Waals surface area contributed by atoms with Crippen molar-refractivity contribution in [2.45, 2.75) is 64.7 Å². The second-order valence-corrected chi connectivity index (χ2v) is 7.64. The first kappa shape index (κ1) is 17.0. The molecule has 2 fully saturated rings. The molecule has 0 aromatic carbocycles. The Morgan fingerprint density at radius 1 is 1.27 bits per heavy atom. The lowest BCUT2D eigenvalue weighted by molar-refractivity contribution is -0.117. The predicted molar refractivity (Wildman–Crippen MR) is 98.6 cm³/mol. The van der Waals surface area contributed by atoms with Crippen LogP contribution in [-0.4, -0.2) is 25.7 Å². The summed E-state index contributed by atoms with van der Waals surface area (Å²) >= 11 is 0. The van der Waals surface area contributed by atoms with Crippen LogP contribution in [0.4, 0.5) is 5.82 Å². The lowest BCUT2D eigenvalue weighted by Gasteiger charge is -2.11. The molecule has 0 saturated heterocycles. The Morgan fingerprint density at radius 3 is 2.65 bits per heavy atom. The summed E-state index contributed by atoms with van der Waals surface area (Å²) < 4.78 is 1.56. The summed E-state index contributed by atoms with van der Waals surface area (Å²) in [6.45, 7) is 3.55. The van der Waals surface area contributed by atoms with Crippen molar-refractivity contribution in [3.63, 3.8) is 0 Å². The maximum Gasteiger partial charge on any atom is 0.255 e. The summed E-state index contributed by atoms with van der Waals surface area (Å²) in [5.41, 5.74) is 2.02. The molecule has 0 unspecified atom stereocenters. The van der Waals surface area contributed by atoms with E-state index in [0.29, 0.717) is 41.3 Å². The van der Waals surface area contributed by atoms with E-state index in [1.165, 1.54) is 12.8 Å². The van der Waals surface area contributed by atoms with Gasteiger partial charge in [0, 0.05) is 29.7 Å². The Kier molecular flexibility index (Phi) is 4.38. The third-order valence-corrected chi connectivity index (χ3v) is 5.52. The van der Waals surface area contributed by atoms with E-state index in [2.05, 4.69) is 20.4 Å². The molecule has 0 bridgehead atoms. The Hall–Kier alpha value is -2.44. The average molecular weight is 355 g/mol. The van der Waals surface area contributed by atoms with Crippen molar-refractivity contribution < 1.29 is 4.79 Å². The van der Waals surface area contributed by atoms with Crippen molar-refractivity contribution in [1.29, 1.82) is 0 Å². The van der Waals surface area contributed by atoms with Crippen LogP contribution in [0.3, 0.4) is 0 Å². The maximum absolute atomic E-state index is 12.5. The van der Waals surface area contributed by atoms with E-state index < -0.39 is 0 Å². The van der Waals surface area contributed by atoms with Gasteiger partial charge < -0.3 is 5.32 Å². The molecule has 0 radical (unpaired) electrons. The Bertz CT molecular complexity index is 888. The molecule has 7 nitrogen and oxygen atoms in total. The smallest absolute Gasteiger partial charge is 0.255 e. The minimum absolute atomic E-state index is 0.00609. The van der Waals surface area contributed by atoms with E-state index >= 15 is 0 Å². The Labute approximate surface area is 152 Å². The number of aromatic amines is 1. The average Bonchev–Trinajstić information content (AvgIpc) is 3.17. The van der Waals surface area contributed by atoms with Gasteiger partial charge in [0.25, 0.3) is 5.56 Å². The van der Waals surface area contributed by atoms with Crippen LogP contribution in [0.1, 0.15) is 67.8 Å². The second kappa shape index (κ2) is 6.70. The molecule has 0 atom stereocenters. The Morgan fingerprint density at radius 2 is 2.00 bits per heavy atom. The normalized spacial score (nSPS) is 17.6. The first-order chi connectivity index (χ1) is 12.5. The molecular weight excluding hydrogens is 330 g/mol. The third kappa shape index (κ3) is 3.43. The summed E-state index contributed by atoms with van der Waals surface area (Å²) in [5.74, 6) is 1.86. The minimum Gasteiger partial charge on any atom is -0.310 e. The SMILES string of the molecule is Cc1nc(-n2nc(C3CC3)cc2NC(=O)CC2CCCC2)[nH]c(=O)c1C. The van der Waals surface area contributed by atoms with Crippen molar-refractivity contribution in [2.24, 2.45) is 5.92 Å². The van der Waals surface area contributed by atoms with Crippen molar-refractivity contribution in [3.05, 3.63) is 33.4 Å². The number of anilines is 1. The van der Waals surface area contributed by atoms with Gasteiger partial charge in [-0.25, -0.2) is 4.98 Å². The van der Waals surface area contributed by atoms with Gasteiger partial charge in [-0.2, -0.15) is 9.78 Å². The molecular formula is C19H25N5O2. The monoisotopic (exact) mass is 355 g/mol. The Balaban J connectivity index is 1.63. The number of H-pyrrole nitrogens is 1. The van der Waals surface area contributed by atoms with Gasteiger partial charge >= 0.3 is 0 Å². The lowest BCUT2D eigenvalue weighted by Crippen LogP contribution is -2.21. The minimum atomic E-state index is -0.181. The number of carbonyl (C=O) groups is 1. The molecule has 1 amide bonds. The number of aryl methyl sites for hydroxylation is 1. The van der Waals surface area contributed by atoms with E-state index in [1.54, 1.807) is 18.5 Å². The predicted octanol–water partition coefficient (Wildman–Crippen LogP) is 2.97. The van der Waals surface area contributed by atoms with Crippen LogP contribution in [0.2, 0.25) is 0 Å². The molecule has 2 aliphatic rings. The fourth-order valence-electron chi connectivity index (χ4n) is 3.63. The van der Waals surface area contributed by atoms with Crippen molar-refractivity contribution in [1.82, 2.24) is 19.7 Å². The highest BCUT2D eigenvalue weighted by molar-refractivity contribution is 5.90. The molecule has 7 heteroatoms. The summed E-state index contributed by atoms with van der Waals surface area (Å²) in [6, 6.07) is 1.92. The highest BCUT2D eigenvalue weighted by atomic mass is 16.1. The van der Waals surface area contributed by atoms with Gasteiger partial charge in [0.05, 0.1) is 5.69 Å². The number of hydrogen-bond donors (Lipinski definition) is 2. The van der Waals surface area contributed by atoms with Gasteiger partial charge in [-0.15, -0.1) is 0 Å². The van der Waals surface area contributed by atoms with E-state index in [4.69, 9.17) is 0 Å². The largest absolute Gasteiger partial charge is 0.310 e. The van der Waals surface area contributed by atoms with Crippen molar-refractivity contribution in [2.75, 3.05) is 5.32 Å². The number of aromatic nitrogens is 4. The van der Waals surface area contributed by atoms with E-state index in [-0.39, 0.29) is 11.5 Å². The van der Waals surface area contributed by atoms with Gasteiger partial charge in [-0.3, -0.25) is 14.6 Å². The molecule has 2 saturated carbocycles. The molecule has 4 rings (SSSR count). The molecule has 2 heterocycles.